The molecule has 15 heavy (non-hydrogen) atoms. The lowest BCUT2D eigenvalue weighted by Crippen LogP contribution is -2.44. The lowest BCUT2D eigenvalue weighted by molar-refractivity contribution is 0.336. The van der Waals surface area contributed by atoms with Gasteiger partial charge in [-0.3, -0.25) is 0 Å². The van der Waals surface area contributed by atoms with E-state index in [1.165, 1.54) is 19.3 Å². The van der Waals surface area contributed by atoms with Gasteiger partial charge in [0.1, 0.15) is 0 Å². The molecule has 0 bridgehead atoms. The lowest BCUT2D eigenvalue weighted by Gasteiger charge is -2.23. The van der Waals surface area contributed by atoms with Gasteiger partial charge in [-0.2, -0.15) is 0 Å². The predicted molar refractivity (Wildman–Crippen MR) is 66.5 cm³/mol. The largest absolute Gasteiger partial charge is 0.316 e. The second kappa shape index (κ2) is 6.29. The van der Waals surface area contributed by atoms with Crippen LogP contribution in [-0.2, 0) is 0 Å². The van der Waals surface area contributed by atoms with Gasteiger partial charge in [0, 0.05) is 0 Å². The smallest absolute Gasteiger partial charge is 0.0572 e. The van der Waals surface area contributed by atoms with Crippen molar-refractivity contribution in [3.63, 3.8) is 0 Å². The quantitative estimate of drug-likeness (QED) is 0.500. The fourth-order valence-corrected chi connectivity index (χ4v) is 1.97. The number of nitrogens with one attached hydrogen (secondary N) is 1. The van der Waals surface area contributed by atoms with E-state index >= 15 is 0 Å². The van der Waals surface area contributed by atoms with Gasteiger partial charge < -0.3 is 11.1 Å². The highest BCUT2D eigenvalue weighted by Gasteiger charge is 2.22. The Kier molecular flexibility index (Phi) is 5.34. The minimum Gasteiger partial charge on any atom is -0.316 e. The fourth-order valence-electron chi connectivity index (χ4n) is 1.97. The summed E-state index contributed by atoms with van der Waals surface area (Å²) in [5, 5.41) is 3.45. The van der Waals surface area contributed by atoms with E-state index in [0.717, 1.165) is 12.5 Å². The molecule has 0 spiro atoms. The third kappa shape index (κ3) is 5.33. The van der Waals surface area contributed by atoms with E-state index in [1.807, 2.05) is 0 Å². The minimum absolute atomic E-state index is 0.165. The van der Waals surface area contributed by atoms with Gasteiger partial charge in [0.25, 0.3) is 0 Å². The molecule has 0 aliphatic heterocycles. The van der Waals surface area contributed by atoms with E-state index in [2.05, 4.69) is 38.2 Å². The molecule has 1 fully saturated rings. The van der Waals surface area contributed by atoms with Gasteiger partial charge >= 0.3 is 0 Å². The number of hydrogen-bond donors (Lipinski definition) is 2. The molecule has 0 aromatic carbocycles. The van der Waals surface area contributed by atoms with Crippen molar-refractivity contribution in [1.82, 2.24) is 5.32 Å². The third-order valence-corrected chi connectivity index (χ3v) is 3.22. The second-order valence-corrected chi connectivity index (χ2v) is 5.09. The minimum atomic E-state index is 0.165. The van der Waals surface area contributed by atoms with Crippen LogP contribution in [0.4, 0.5) is 0 Å². The number of allylic oxidation sites excluding steroid dienone is 2. The summed E-state index contributed by atoms with van der Waals surface area (Å²) in [7, 11) is 0. The first-order chi connectivity index (χ1) is 7.13. The molecule has 0 aromatic heterocycles. The van der Waals surface area contributed by atoms with Crippen molar-refractivity contribution < 1.29 is 0 Å². The summed E-state index contributed by atoms with van der Waals surface area (Å²) in [6.07, 6.45) is 8.50. The summed E-state index contributed by atoms with van der Waals surface area (Å²) < 4.78 is 0. The van der Waals surface area contributed by atoms with Crippen molar-refractivity contribution in [3.05, 3.63) is 12.2 Å². The molecule has 1 saturated carbocycles. The fraction of sp³-hybridized carbons (Fsp3) is 0.846. The lowest BCUT2D eigenvalue weighted by atomic mass is 9.94. The second-order valence-electron chi connectivity index (χ2n) is 5.09. The number of nitrogens with two attached hydrogens (primary N) is 1. The van der Waals surface area contributed by atoms with Crippen LogP contribution >= 0.6 is 0 Å². The maximum absolute atomic E-state index is 6.10. The molecule has 2 unspecified atom stereocenters. The molecule has 0 amide bonds. The van der Waals surface area contributed by atoms with Crippen LogP contribution in [0.25, 0.3) is 0 Å². The van der Waals surface area contributed by atoms with Crippen molar-refractivity contribution in [2.24, 2.45) is 23.5 Å². The third-order valence-electron chi connectivity index (χ3n) is 3.22. The summed E-state index contributed by atoms with van der Waals surface area (Å²) in [4.78, 5) is 0. The molecule has 1 aliphatic rings. The molecule has 0 aromatic rings. The molecule has 2 nitrogen and oxygen atoms in total. The van der Waals surface area contributed by atoms with E-state index in [4.69, 9.17) is 5.73 Å². The summed E-state index contributed by atoms with van der Waals surface area (Å²) in [5.41, 5.74) is 6.10. The Morgan fingerprint density at radius 3 is 2.60 bits per heavy atom. The zero-order valence-electron chi connectivity index (χ0n) is 10.4. The standard InChI is InChI=1S/C13H26N2/c1-4-5-10(2)8-11(3)13(14)15-9-12-6-7-12/h4-5,10-13,15H,6-9,14H2,1-3H3/b5-4-/t10-,11?,13?/m1/s1. The zero-order chi connectivity index (χ0) is 11.3. The van der Waals surface area contributed by atoms with Crippen molar-refractivity contribution >= 4 is 0 Å². The molecule has 1 rings (SSSR count). The Labute approximate surface area is 94.3 Å². The highest BCUT2D eigenvalue weighted by molar-refractivity contribution is 4.85. The topological polar surface area (TPSA) is 38.0 Å². The molecular weight excluding hydrogens is 184 g/mol. The summed E-state index contributed by atoms with van der Waals surface area (Å²) in [5.74, 6) is 2.10. The molecule has 3 atom stereocenters. The van der Waals surface area contributed by atoms with Crippen LogP contribution in [-0.4, -0.2) is 12.7 Å². The normalized spacial score (nSPS) is 22.9. The molecule has 1 aliphatic carbocycles. The maximum atomic E-state index is 6.10. The maximum Gasteiger partial charge on any atom is 0.0572 e. The average molecular weight is 210 g/mol. The van der Waals surface area contributed by atoms with Crippen LogP contribution in [0.2, 0.25) is 0 Å². The Morgan fingerprint density at radius 2 is 2.07 bits per heavy atom. The van der Waals surface area contributed by atoms with E-state index < -0.39 is 0 Å². The van der Waals surface area contributed by atoms with Crippen molar-refractivity contribution in [2.75, 3.05) is 6.54 Å². The Morgan fingerprint density at radius 1 is 1.40 bits per heavy atom. The summed E-state index contributed by atoms with van der Waals surface area (Å²) in [6.45, 7) is 7.69. The number of hydrogen-bond acceptors (Lipinski definition) is 2. The summed E-state index contributed by atoms with van der Waals surface area (Å²) in [6, 6.07) is 0. The van der Waals surface area contributed by atoms with E-state index in [0.29, 0.717) is 11.8 Å². The highest BCUT2D eigenvalue weighted by atomic mass is 15.0. The van der Waals surface area contributed by atoms with Gasteiger partial charge in [-0.1, -0.05) is 26.0 Å². The molecule has 0 radical (unpaired) electrons. The van der Waals surface area contributed by atoms with Gasteiger partial charge in [0.2, 0.25) is 0 Å². The van der Waals surface area contributed by atoms with Crippen LogP contribution in [0.15, 0.2) is 12.2 Å². The van der Waals surface area contributed by atoms with Gasteiger partial charge in [0.05, 0.1) is 6.17 Å². The highest BCUT2D eigenvalue weighted by Crippen LogP contribution is 2.27. The van der Waals surface area contributed by atoms with Gasteiger partial charge in [-0.05, 0) is 50.5 Å². The molecule has 0 saturated heterocycles. The average Bonchev–Trinajstić information content (AvgIpc) is 2.97. The first-order valence-electron chi connectivity index (χ1n) is 6.25. The van der Waals surface area contributed by atoms with Crippen molar-refractivity contribution in [2.45, 2.75) is 46.2 Å². The van der Waals surface area contributed by atoms with Crippen molar-refractivity contribution in [3.8, 4) is 0 Å². The Bertz CT molecular complexity index is 197. The van der Waals surface area contributed by atoms with Crippen LogP contribution in [0, 0.1) is 17.8 Å². The first-order valence-corrected chi connectivity index (χ1v) is 6.25. The van der Waals surface area contributed by atoms with Crippen LogP contribution in [0.5, 0.6) is 0 Å². The number of rotatable bonds is 7. The molecule has 88 valence electrons. The van der Waals surface area contributed by atoms with Gasteiger partial charge in [-0.25, -0.2) is 0 Å². The first kappa shape index (κ1) is 12.7. The molecule has 2 heteroatoms. The summed E-state index contributed by atoms with van der Waals surface area (Å²) >= 11 is 0. The van der Waals surface area contributed by atoms with Crippen molar-refractivity contribution in [1.29, 1.82) is 0 Å². The SMILES string of the molecule is C/C=C\[C@@H](C)CC(C)C(N)NCC1CC1. The molecular formula is C13H26N2. The molecule has 0 heterocycles. The Hall–Kier alpha value is -0.340. The van der Waals surface area contributed by atoms with E-state index in [1.54, 1.807) is 0 Å². The van der Waals surface area contributed by atoms with Crippen LogP contribution in [0.3, 0.4) is 0 Å². The molecule has 3 N–H and O–H groups in total. The van der Waals surface area contributed by atoms with Gasteiger partial charge in [0.15, 0.2) is 0 Å². The predicted octanol–water partition coefficient (Wildman–Crippen LogP) is 2.51. The van der Waals surface area contributed by atoms with Gasteiger partial charge in [-0.15, -0.1) is 0 Å². The van der Waals surface area contributed by atoms with E-state index in [9.17, 15) is 0 Å². The zero-order valence-corrected chi connectivity index (χ0v) is 10.4. The van der Waals surface area contributed by atoms with E-state index in [-0.39, 0.29) is 6.17 Å². The Balaban J connectivity index is 2.15. The van der Waals surface area contributed by atoms with Crippen LogP contribution in [0.1, 0.15) is 40.0 Å². The van der Waals surface area contributed by atoms with Crippen LogP contribution < -0.4 is 11.1 Å². The monoisotopic (exact) mass is 210 g/mol.